The number of nitro benzene ring substituents is 1. The molecular weight excluding hydrogens is 390 g/mol. The molecule has 2 aromatic rings. The Balaban J connectivity index is 1.95. The molecule has 0 saturated heterocycles. The lowest BCUT2D eigenvalue weighted by atomic mass is 9.87. The smallest absolute Gasteiger partial charge is 0.338 e. The van der Waals surface area contributed by atoms with Crippen molar-refractivity contribution in [2.75, 3.05) is 19.0 Å². The van der Waals surface area contributed by atoms with Gasteiger partial charge in [0, 0.05) is 18.7 Å². The molecule has 0 saturated carbocycles. The zero-order chi connectivity index (χ0) is 22.5. The van der Waals surface area contributed by atoms with Crippen LogP contribution in [0.15, 0.2) is 42.5 Å². The molecule has 0 aromatic heterocycles. The molecule has 0 aliphatic rings. The number of nitro groups is 1. The van der Waals surface area contributed by atoms with E-state index in [4.69, 9.17) is 4.74 Å². The van der Waals surface area contributed by atoms with E-state index in [9.17, 15) is 24.5 Å². The third kappa shape index (κ3) is 5.63. The molecule has 0 unspecified atom stereocenters. The molecule has 0 spiro atoms. The highest BCUT2D eigenvalue weighted by Crippen LogP contribution is 2.25. The molecule has 158 valence electrons. The summed E-state index contributed by atoms with van der Waals surface area (Å²) in [5.74, 6) is -2.35. The molecular formula is C21H23N3O6. The van der Waals surface area contributed by atoms with Gasteiger partial charge in [-0.3, -0.25) is 25.0 Å². The number of benzene rings is 2. The van der Waals surface area contributed by atoms with Crippen molar-refractivity contribution in [3.05, 3.63) is 69.3 Å². The largest absolute Gasteiger partial charge is 0.452 e. The molecule has 9 heteroatoms. The molecule has 2 N–H and O–H groups in total. The topological polar surface area (TPSA) is 128 Å². The predicted octanol–water partition coefficient (Wildman–Crippen LogP) is 3.05. The fourth-order valence-corrected chi connectivity index (χ4v) is 2.59. The van der Waals surface area contributed by atoms with Crippen LogP contribution in [0.5, 0.6) is 0 Å². The van der Waals surface area contributed by atoms with Crippen molar-refractivity contribution in [1.29, 1.82) is 0 Å². The Morgan fingerprint density at radius 1 is 1.03 bits per heavy atom. The molecule has 0 heterocycles. The molecule has 0 atom stereocenters. The highest BCUT2D eigenvalue weighted by molar-refractivity contribution is 6.05. The molecule has 9 nitrogen and oxygen atoms in total. The summed E-state index contributed by atoms with van der Waals surface area (Å²) in [6.45, 7) is 5.43. The van der Waals surface area contributed by atoms with Gasteiger partial charge >= 0.3 is 5.97 Å². The van der Waals surface area contributed by atoms with E-state index in [1.54, 1.807) is 24.3 Å². The zero-order valence-corrected chi connectivity index (χ0v) is 17.1. The highest BCUT2D eigenvalue weighted by atomic mass is 16.6. The number of amides is 2. The number of nitrogens with one attached hydrogen (secondary N) is 2. The highest BCUT2D eigenvalue weighted by Gasteiger charge is 2.19. The SMILES string of the molecule is CNc1ccc(C(=O)OCC(=O)NC(=O)c2ccc(C(C)(C)C)cc2)cc1[N+](=O)[O-]. The van der Waals surface area contributed by atoms with Crippen molar-refractivity contribution in [2.45, 2.75) is 26.2 Å². The summed E-state index contributed by atoms with van der Waals surface area (Å²) in [4.78, 5) is 46.6. The van der Waals surface area contributed by atoms with E-state index in [2.05, 4.69) is 10.6 Å². The van der Waals surface area contributed by atoms with Crippen molar-refractivity contribution < 1.29 is 24.0 Å². The van der Waals surface area contributed by atoms with Gasteiger partial charge in [0.05, 0.1) is 10.5 Å². The molecule has 0 radical (unpaired) electrons. The van der Waals surface area contributed by atoms with Crippen LogP contribution in [0.1, 0.15) is 47.1 Å². The van der Waals surface area contributed by atoms with Gasteiger partial charge in [0.2, 0.25) is 0 Å². The summed E-state index contributed by atoms with van der Waals surface area (Å²) in [6, 6.07) is 10.6. The van der Waals surface area contributed by atoms with Crippen molar-refractivity contribution in [3.63, 3.8) is 0 Å². The first-order valence-corrected chi connectivity index (χ1v) is 9.11. The van der Waals surface area contributed by atoms with Gasteiger partial charge in [-0.1, -0.05) is 32.9 Å². The Labute approximate surface area is 173 Å². The minimum Gasteiger partial charge on any atom is -0.452 e. The molecule has 0 fully saturated rings. The van der Waals surface area contributed by atoms with Crippen LogP contribution in [0.25, 0.3) is 0 Å². The number of imide groups is 1. The summed E-state index contributed by atoms with van der Waals surface area (Å²) in [5.41, 5.74) is 1.11. The summed E-state index contributed by atoms with van der Waals surface area (Å²) in [7, 11) is 1.51. The number of ether oxygens (including phenoxy) is 1. The second-order valence-corrected chi connectivity index (χ2v) is 7.52. The van der Waals surface area contributed by atoms with E-state index in [0.717, 1.165) is 11.6 Å². The number of hydrogen-bond acceptors (Lipinski definition) is 7. The summed E-state index contributed by atoms with van der Waals surface area (Å²) < 4.78 is 4.85. The van der Waals surface area contributed by atoms with Crippen LogP contribution in [-0.4, -0.2) is 36.4 Å². The molecule has 2 rings (SSSR count). The van der Waals surface area contributed by atoms with Gasteiger partial charge in [0.25, 0.3) is 17.5 Å². The number of rotatable bonds is 6. The van der Waals surface area contributed by atoms with Crippen molar-refractivity contribution in [3.8, 4) is 0 Å². The Kier molecular flexibility index (Phi) is 6.89. The van der Waals surface area contributed by atoms with Gasteiger partial charge in [0.1, 0.15) is 5.69 Å². The molecule has 2 amide bonds. The van der Waals surface area contributed by atoms with Crippen LogP contribution in [0.2, 0.25) is 0 Å². The van der Waals surface area contributed by atoms with E-state index >= 15 is 0 Å². The lowest BCUT2D eigenvalue weighted by Crippen LogP contribution is -2.34. The fourth-order valence-electron chi connectivity index (χ4n) is 2.59. The Morgan fingerprint density at radius 2 is 1.63 bits per heavy atom. The van der Waals surface area contributed by atoms with E-state index in [1.807, 2.05) is 20.8 Å². The fraction of sp³-hybridized carbons (Fsp3) is 0.286. The molecule has 0 aliphatic carbocycles. The van der Waals surface area contributed by atoms with E-state index in [-0.39, 0.29) is 22.4 Å². The number of carbonyl (C=O) groups excluding carboxylic acids is 3. The minimum atomic E-state index is -0.919. The van der Waals surface area contributed by atoms with Crippen LogP contribution >= 0.6 is 0 Å². The van der Waals surface area contributed by atoms with Gasteiger partial charge in [-0.25, -0.2) is 4.79 Å². The van der Waals surface area contributed by atoms with Crippen molar-refractivity contribution in [1.82, 2.24) is 5.32 Å². The number of carbonyl (C=O) groups is 3. The number of anilines is 1. The molecule has 0 bridgehead atoms. The number of hydrogen-bond donors (Lipinski definition) is 2. The zero-order valence-electron chi connectivity index (χ0n) is 17.1. The number of esters is 1. The normalized spacial score (nSPS) is 10.8. The van der Waals surface area contributed by atoms with E-state index < -0.39 is 29.3 Å². The van der Waals surface area contributed by atoms with Crippen LogP contribution < -0.4 is 10.6 Å². The quantitative estimate of drug-likeness (QED) is 0.423. The standard InChI is InChI=1S/C21H23N3O6/c1-21(2,3)15-8-5-13(6-9-15)19(26)23-18(25)12-30-20(27)14-7-10-16(22-4)17(11-14)24(28)29/h5-11,22H,12H2,1-4H3,(H,23,25,26). The third-order valence-corrected chi connectivity index (χ3v) is 4.30. The molecule has 30 heavy (non-hydrogen) atoms. The van der Waals surface area contributed by atoms with Crippen LogP contribution in [0.3, 0.4) is 0 Å². The maximum absolute atomic E-state index is 12.2. The van der Waals surface area contributed by atoms with Crippen LogP contribution in [-0.2, 0) is 14.9 Å². The van der Waals surface area contributed by atoms with Gasteiger partial charge in [0.15, 0.2) is 6.61 Å². The first-order chi connectivity index (χ1) is 14.0. The molecule has 2 aromatic carbocycles. The Morgan fingerprint density at radius 3 is 2.17 bits per heavy atom. The Bertz CT molecular complexity index is 977. The first-order valence-electron chi connectivity index (χ1n) is 9.11. The summed E-state index contributed by atoms with van der Waals surface area (Å²) in [6.07, 6.45) is 0. The Hall–Kier alpha value is -3.75. The lowest BCUT2D eigenvalue weighted by molar-refractivity contribution is -0.384. The third-order valence-electron chi connectivity index (χ3n) is 4.30. The van der Waals surface area contributed by atoms with E-state index in [1.165, 1.54) is 19.2 Å². The minimum absolute atomic E-state index is 0.0699. The monoisotopic (exact) mass is 413 g/mol. The maximum Gasteiger partial charge on any atom is 0.338 e. The molecule has 0 aliphatic heterocycles. The lowest BCUT2D eigenvalue weighted by Gasteiger charge is -2.19. The van der Waals surface area contributed by atoms with Crippen LogP contribution in [0.4, 0.5) is 11.4 Å². The van der Waals surface area contributed by atoms with Crippen molar-refractivity contribution >= 4 is 29.2 Å². The summed E-state index contributed by atoms with van der Waals surface area (Å²) >= 11 is 0. The average molecular weight is 413 g/mol. The second-order valence-electron chi connectivity index (χ2n) is 7.52. The van der Waals surface area contributed by atoms with Gasteiger partial charge < -0.3 is 10.1 Å². The van der Waals surface area contributed by atoms with Crippen molar-refractivity contribution in [2.24, 2.45) is 0 Å². The van der Waals surface area contributed by atoms with Crippen LogP contribution in [0, 0.1) is 10.1 Å². The maximum atomic E-state index is 12.2. The summed E-state index contributed by atoms with van der Waals surface area (Å²) in [5, 5.41) is 15.8. The average Bonchev–Trinajstić information content (AvgIpc) is 2.70. The van der Waals surface area contributed by atoms with Gasteiger partial charge in [-0.15, -0.1) is 0 Å². The van der Waals surface area contributed by atoms with Gasteiger partial charge in [-0.05, 0) is 35.2 Å². The first kappa shape index (κ1) is 22.5. The second kappa shape index (κ2) is 9.17. The van der Waals surface area contributed by atoms with Gasteiger partial charge in [-0.2, -0.15) is 0 Å². The number of nitrogens with zero attached hydrogens (tertiary/aromatic N) is 1. The van der Waals surface area contributed by atoms with E-state index in [0.29, 0.717) is 5.56 Å². The predicted molar refractivity (Wildman–Crippen MR) is 111 cm³/mol.